The van der Waals surface area contributed by atoms with Crippen LogP contribution >= 0.6 is 11.3 Å². The van der Waals surface area contributed by atoms with Gasteiger partial charge in [0.25, 0.3) is 10.0 Å². The van der Waals surface area contributed by atoms with Crippen molar-refractivity contribution in [2.75, 3.05) is 4.72 Å². The third kappa shape index (κ3) is 4.27. The van der Waals surface area contributed by atoms with E-state index in [2.05, 4.69) is 19.4 Å². The van der Waals surface area contributed by atoms with Crippen molar-refractivity contribution in [2.24, 2.45) is 0 Å². The van der Waals surface area contributed by atoms with Gasteiger partial charge in [-0.25, -0.2) is 31.5 Å². The summed E-state index contributed by atoms with van der Waals surface area (Å²) in [6, 6.07) is 4.83. The maximum absolute atomic E-state index is 12.3. The molecule has 0 radical (unpaired) electrons. The number of benzene rings is 1. The minimum absolute atomic E-state index is 0.0741. The molecule has 0 saturated carbocycles. The zero-order valence-electron chi connectivity index (χ0n) is 13.4. The lowest BCUT2D eigenvalue weighted by Crippen LogP contribution is -2.23. The summed E-state index contributed by atoms with van der Waals surface area (Å²) in [7, 11) is -7.68. The second-order valence-electron chi connectivity index (χ2n) is 5.10. The molecular formula is C14H14N4O5S3. The van der Waals surface area contributed by atoms with Crippen LogP contribution in [0.4, 0.5) is 5.13 Å². The Labute approximate surface area is 154 Å². The number of nitrogens with one attached hydrogen (secondary N) is 2. The standard InChI is InChI=1S/C14H14N4O5S3/c1-10-8-16-13(23-10)9-17-25(19,20)11-2-4-12(5-3-11)26(21,22)18-14-15-6-7-24-14/h2-8,17H,9H2,1H3,(H,15,18). The second-order valence-corrected chi connectivity index (χ2v) is 9.45. The van der Waals surface area contributed by atoms with Crippen molar-refractivity contribution in [3.8, 4) is 0 Å². The largest absolute Gasteiger partial charge is 0.445 e. The monoisotopic (exact) mass is 414 g/mol. The van der Waals surface area contributed by atoms with Crippen LogP contribution in [0, 0.1) is 6.92 Å². The van der Waals surface area contributed by atoms with E-state index in [4.69, 9.17) is 4.42 Å². The van der Waals surface area contributed by atoms with E-state index in [9.17, 15) is 16.8 Å². The summed E-state index contributed by atoms with van der Waals surface area (Å²) >= 11 is 1.14. The Balaban J connectivity index is 1.73. The Kier molecular flexibility index (Phi) is 5.09. The summed E-state index contributed by atoms with van der Waals surface area (Å²) in [4.78, 5) is 7.61. The molecule has 0 aliphatic heterocycles. The van der Waals surface area contributed by atoms with E-state index in [1.54, 1.807) is 12.3 Å². The highest BCUT2D eigenvalue weighted by Gasteiger charge is 2.19. The van der Waals surface area contributed by atoms with Crippen LogP contribution in [0.3, 0.4) is 0 Å². The molecule has 26 heavy (non-hydrogen) atoms. The molecule has 0 aliphatic rings. The summed E-state index contributed by atoms with van der Waals surface area (Å²) in [5.74, 6) is 0.805. The van der Waals surface area contributed by atoms with Crippen molar-refractivity contribution in [3.63, 3.8) is 0 Å². The minimum atomic E-state index is -3.84. The number of anilines is 1. The van der Waals surface area contributed by atoms with Crippen LogP contribution in [-0.2, 0) is 26.6 Å². The number of sulfonamides is 2. The normalized spacial score (nSPS) is 12.2. The molecule has 0 saturated heterocycles. The molecule has 0 atom stereocenters. The topological polar surface area (TPSA) is 131 Å². The third-order valence-electron chi connectivity index (χ3n) is 3.18. The highest BCUT2D eigenvalue weighted by Crippen LogP contribution is 2.19. The summed E-state index contributed by atoms with van der Waals surface area (Å²) in [6.45, 7) is 1.59. The fourth-order valence-electron chi connectivity index (χ4n) is 1.97. The van der Waals surface area contributed by atoms with Crippen LogP contribution in [0.15, 0.2) is 56.2 Å². The molecule has 0 aliphatic carbocycles. The van der Waals surface area contributed by atoms with Crippen molar-refractivity contribution >= 4 is 36.5 Å². The van der Waals surface area contributed by atoms with Gasteiger partial charge in [-0.15, -0.1) is 11.3 Å². The molecule has 2 N–H and O–H groups in total. The van der Waals surface area contributed by atoms with Crippen molar-refractivity contribution in [2.45, 2.75) is 23.3 Å². The maximum Gasteiger partial charge on any atom is 0.263 e. The number of hydrogen-bond donors (Lipinski definition) is 2. The zero-order chi connectivity index (χ0) is 18.8. The van der Waals surface area contributed by atoms with Gasteiger partial charge in [0.15, 0.2) is 5.13 Å². The van der Waals surface area contributed by atoms with Crippen LogP contribution in [-0.4, -0.2) is 26.8 Å². The molecule has 9 nitrogen and oxygen atoms in total. The Morgan fingerprint density at radius 2 is 1.69 bits per heavy atom. The molecular weight excluding hydrogens is 400 g/mol. The number of nitrogens with zero attached hydrogens (tertiary/aromatic N) is 2. The molecule has 3 rings (SSSR count). The summed E-state index contributed by atoms with van der Waals surface area (Å²) < 4.78 is 58.9. The molecule has 138 valence electrons. The number of rotatable bonds is 7. The first kappa shape index (κ1) is 18.5. The van der Waals surface area contributed by atoms with Gasteiger partial charge in [0.1, 0.15) is 5.76 Å². The van der Waals surface area contributed by atoms with Crippen LogP contribution in [0.5, 0.6) is 0 Å². The lowest BCUT2D eigenvalue weighted by atomic mass is 10.4. The molecule has 0 bridgehead atoms. The first-order valence-corrected chi connectivity index (χ1v) is 11.0. The lowest BCUT2D eigenvalue weighted by Gasteiger charge is -2.08. The molecule has 2 aromatic heterocycles. The van der Waals surface area contributed by atoms with Gasteiger partial charge >= 0.3 is 0 Å². The molecule has 12 heteroatoms. The highest BCUT2D eigenvalue weighted by molar-refractivity contribution is 7.93. The quantitative estimate of drug-likeness (QED) is 0.602. The first-order chi connectivity index (χ1) is 12.3. The fourth-order valence-corrected chi connectivity index (χ4v) is 4.73. The van der Waals surface area contributed by atoms with E-state index >= 15 is 0 Å². The first-order valence-electron chi connectivity index (χ1n) is 7.20. The van der Waals surface area contributed by atoms with Gasteiger partial charge < -0.3 is 4.42 Å². The highest BCUT2D eigenvalue weighted by atomic mass is 32.2. The minimum Gasteiger partial charge on any atom is -0.445 e. The molecule has 3 aromatic rings. The average molecular weight is 414 g/mol. The van der Waals surface area contributed by atoms with Crippen molar-refractivity contribution < 1.29 is 21.3 Å². The SMILES string of the molecule is Cc1cnc(CNS(=O)(=O)c2ccc(S(=O)(=O)Nc3nccs3)cc2)o1. The van der Waals surface area contributed by atoms with Gasteiger partial charge in [0.05, 0.1) is 22.5 Å². The predicted molar refractivity (Wildman–Crippen MR) is 94.6 cm³/mol. The van der Waals surface area contributed by atoms with Crippen LogP contribution in [0.1, 0.15) is 11.7 Å². The van der Waals surface area contributed by atoms with Gasteiger partial charge in [-0.2, -0.15) is 0 Å². The molecule has 1 aromatic carbocycles. The maximum atomic E-state index is 12.3. The van der Waals surface area contributed by atoms with E-state index in [1.165, 1.54) is 36.7 Å². The van der Waals surface area contributed by atoms with Gasteiger partial charge in [-0.1, -0.05) is 0 Å². The van der Waals surface area contributed by atoms with Crippen molar-refractivity contribution in [1.82, 2.24) is 14.7 Å². The second kappa shape index (κ2) is 7.15. The molecule has 0 unspecified atom stereocenters. The number of aryl methyl sites for hydroxylation is 1. The number of aromatic nitrogens is 2. The van der Waals surface area contributed by atoms with Gasteiger partial charge in [-0.3, -0.25) is 4.72 Å². The smallest absolute Gasteiger partial charge is 0.263 e. The Bertz CT molecular complexity index is 1090. The summed E-state index contributed by atoms with van der Waals surface area (Å²) in [5, 5.41) is 1.86. The lowest BCUT2D eigenvalue weighted by molar-refractivity contribution is 0.463. The van der Waals surface area contributed by atoms with E-state index in [0.29, 0.717) is 5.76 Å². The van der Waals surface area contributed by atoms with Gasteiger partial charge in [0, 0.05) is 11.6 Å². The number of thiazole rings is 1. The van der Waals surface area contributed by atoms with Gasteiger partial charge in [0.2, 0.25) is 15.9 Å². The Hall–Kier alpha value is -2.28. The third-order valence-corrected chi connectivity index (χ3v) is 6.77. The van der Waals surface area contributed by atoms with Crippen molar-refractivity contribution in [3.05, 3.63) is 53.7 Å². The van der Waals surface area contributed by atoms with Crippen LogP contribution in [0.2, 0.25) is 0 Å². The molecule has 0 amide bonds. The van der Waals surface area contributed by atoms with Gasteiger partial charge in [-0.05, 0) is 31.2 Å². The van der Waals surface area contributed by atoms with E-state index in [-0.39, 0.29) is 27.4 Å². The number of hydrogen-bond acceptors (Lipinski definition) is 8. The summed E-state index contributed by atoms with van der Waals surface area (Å²) in [6.07, 6.45) is 2.96. The molecule has 0 spiro atoms. The van der Waals surface area contributed by atoms with Crippen LogP contribution < -0.4 is 9.44 Å². The number of oxazole rings is 1. The van der Waals surface area contributed by atoms with E-state index in [1.807, 2.05) is 0 Å². The van der Waals surface area contributed by atoms with E-state index in [0.717, 1.165) is 11.3 Å². The predicted octanol–water partition coefficient (Wildman–Crippen LogP) is 1.72. The molecule has 2 heterocycles. The fraction of sp³-hybridized carbons (Fsp3) is 0.143. The van der Waals surface area contributed by atoms with E-state index < -0.39 is 20.0 Å². The Morgan fingerprint density at radius 1 is 1.04 bits per heavy atom. The van der Waals surface area contributed by atoms with Crippen LogP contribution in [0.25, 0.3) is 0 Å². The van der Waals surface area contributed by atoms with Crippen molar-refractivity contribution in [1.29, 1.82) is 0 Å². The average Bonchev–Trinajstić information content (AvgIpc) is 3.24. The Morgan fingerprint density at radius 3 is 2.23 bits per heavy atom. The molecule has 0 fully saturated rings. The summed E-state index contributed by atoms with van der Waals surface area (Å²) in [5.41, 5.74) is 0. The zero-order valence-corrected chi connectivity index (χ0v) is 15.9.